The molecular formula is C21H25AsBrClFO. The molecule has 0 aromatic heterocycles. The number of hydrogen-bond acceptors (Lipinski definition) is 1. The quantitative estimate of drug-likeness (QED) is 0.473. The third kappa shape index (κ3) is 5.83. The van der Waals surface area contributed by atoms with E-state index in [-0.39, 0.29) is 39.9 Å². The van der Waals surface area contributed by atoms with Crippen molar-refractivity contribution in [3.8, 4) is 0 Å². The van der Waals surface area contributed by atoms with Crippen LogP contribution in [0.2, 0.25) is 5.21 Å². The molecule has 1 nitrogen and oxygen atoms in total. The average molecular weight is 503 g/mol. The second kappa shape index (κ2) is 10.3. The van der Waals surface area contributed by atoms with Crippen LogP contribution in [0, 0.1) is 5.82 Å². The first kappa shape index (κ1) is 22.0. The zero-order valence-corrected chi connectivity index (χ0v) is 19.0. The molecule has 1 radical (unpaired) electrons. The van der Waals surface area contributed by atoms with Crippen LogP contribution in [-0.2, 0) is 5.21 Å². The van der Waals surface area contributed by atoms with E-state index in [2.05, 4.69) is 34.1 Å². The fraction of sp³-hybridized carbons (Fsp3) is 0.429. The Morgan fingerprint density at radius 1 is 1.08 bits per heavy atom. The van der Waals surface area contributed by atoms with E-state index in [4.69, 9.17) is 0 Å². The van der Waals surface area contributed by atoms with E-state index in [1.54, 1.807) is 0 Å². The predicted molar refractivity (Wildman–Crippen MR) is 113 cm³/mol. The summed E-state index contributed by atoms with van der Waals surface area (Å²) < 4.78 is 14.1. The molecular weight excluding hydrogens is 478 g/mol. The molecule has 1 aliphatic rings. The van der Waals surface area contributed by atoms with Gasteiger partial charge >= 0.3 is 165 Å². The van der Waals surface area contributed by atoms with Gasteiger partial charge in [0.1, 0.15) is 0 Å². The molecule has 3 rings (SSSR count). The Balaban J connectivity index is 0.00000243. The molecule has 2 aromatic carbocycles. The summed E-state index contributed by atoms with van der Waals surface area (Å²) in [5.41, 5.74) is 1.87. The van der Waals surface area contributed by atoms with Crippen LogP contribution >= 0.6 is 28.3 Å². The molecule has 0 bridgehead atoms. The number of rotatable bonds is 6. The molecule has 0 aliphatic heterocycles. The molecule has 0 spiro atoms. The van der Waals surface area contributed by atoms with E-state index in [1.165, 1.54) is 29.7 Å². The summed E-state index contributed by atoms with van der Waals surface area (Å²) in [6.45, 7) is 0. The Bertz CT molecular complexity index is 689. The summed E-state index contributed by atoms with van der Waals surface area (Å²) in [6.07, 6.45) is 5.28. The van der Waals surface area contributed by atoms with Crippen LogP contribution in [0.3, 0.4) is 0 Å². The number of hydrogen-bond donors (Lipinski definition) is 1. The van der Waals surface area contributed by atoms with Crippen LogP contribution in [0.25, 0.3) is 0 Å². The molecule has 1 fully saturated rings. The van der Waals surface area contributed by atoms with Crippen LogP contribution < -0.4 is 0 Å². The monoisotopic (exact) mass is 501 g/mol. The minimum atomic E-state index is -0.572. The number of halogens is 3. The van der Waals surface area contributed by atoms with Crippen LogP contribution in [0.15, 0.2) is 53.0 Å². The topological polar surface area (TPSA) is 20.2 Å². The van der Waals surface area contributed by atoms with E-state index in [1.807, 2.05) is 18.2 Å². The van der Waals surface area contributed by atoms with Gasteiger partial charge in [0.25, 0.3) is 0 Å². The van der Waals surface area contributed by atoms with Crippen molar-refractivity contribution in [3.63, 3.8) is 0 Å². The van der Waals surface area contributed by atoms with E-state index < -0.39 is 5.60 Å². The normalized spacial score (nSPS) is 17.8. The van der Waals surface area contributed by atoms with Gasteiger partial charge in [-0.2, -0.15) is 0 Å². The Hall–Kier alpha value is -0.342. The standard InChI is InChI=1S/C21H24AsBrFO.ClH/c23-18-6-4-5-17(13-18)20(21(25)11-2-1-3-12-21)15-22-14-16-7-9-19(24)10-8-16;/h4-10,13,20,25H,1-3,11-12,14-15H2;1H. The number of benzene rings is 2. The Kier molecular flexibility index (Phi) is 8.67. The van der Waals surface area contributed by atoms with Gasteiger partial charge in [0.2, 0.25) is 0 Å². The van der Waals surface area contributed by atoms with E-state index in [0.29, 0.717) is 0 Å². The summed E-state index contributed by atoms with van der Waals surface area (Å²) in [6, 6.07) is 15.3. The SMILES string of the molecule is Cl.OC1(C(C[As]Cc2ccc(F)cc2)c2cccc(Br)c2)CCCCC1. The van der Waals surface area contributed by atoms with E-state index >= 15 is 0 Å². The van der Waals surface area contributed by atoms with Crippen molar-refractivity contribution < 1.29 is 9.50 Å². The zero-order valence-electron chi connectivity index (χ0n) is 14.7. The van der Waals surface area contributed by atoms with Crippen molar-refractivity contribution in [2.24, 2.45) is 0 Å². The van der Waals surface area contributed by atoms with Crippen LogP contribution in [0.4, 0.5) is 4.39 Å². The molecule has 1 saturated carbocycles. The summed E-state index contributed by atoms with van der Waals surface area (Å²) >= 11 is 3.64. The molecule has 0 heterocycles. The zero-order chi connectivity index (χ0) is 17.7. The van der Waals surface area contributed by atoms with Crippen molar-refractivity contribution in [1.29, 1.82) is 0 Å². The number of aliphatic hydroxyl groups is 1. The maximum absolute atomic E-state index is 13.1. The van der Waals surface area contributed by atoms with Gasteiger partial charge in [-0.25, -0.2) is 0 Å². The maximum atomic E-state index is 13.1. The van der Waals surface area contributed by atoms with Crippen molar-refractivity contribution in [1.82, 2.24) is 0 Å². The van der Waals surface area contributed by atoms with Gasteiger partial charge in [0, 0.05) is 0 Å². The van der Waals surface area contributed by atoms with Crippen molar-refractivity contribution in [3.05, 3.63) is 69.9 Å². The van der Waals surface area contributed by atoms with Crippen molar-refractivity contribution in [2.45, 2.75) is 54.0 Å². The molecule has 26 heavy (non-hydrogen) atoms. The molecule has 1 aliphatic carbocycles. The van der Waals surface area contributed by atoms with Gasteiger partial charge in [-0.15, -0.1) is 12.4 Å². The van der Waals surface area contributed by atoms with E-state index in [0.717, 1.165) is 40.6 Å². The fourth-order valence-corrected chi connectivity index (χ4v) is 7.10. The van der Waals surface area contributed by atoms with Crippen molar-refractivity contribution in [2.75, 3.05) is 0 Å². The molecule has 5 heteroatoms. The van der Waals surface area contributed by atoms with Gasteiger partial charge < -0.3 is 0 Å². The van der Waals surface area contributed by atoms with E-state index in [9.17, 15) is 9.50 Å². The predicted octanol–water partition coefficient (Wildman–Crippen LogP) is 6.11. The summed E-state index contributed by atoms with van der Waals surface area (Å²) in [5, 5.41) is 13.4. The first-order valence-electron chi connectivity index (χ1n) is 8.92. The summed E-state index contributed by atoms with van der Waals surface area (Å²) in [5.74, 6) is 0.0225. The fourth-order valence-electron chi connectivity index (χ4n) is 3.73. The average Bonchev–Trinajstić information content (AvgIpc) is 2.61. The van der Waals surface area contributed by atoms with Gasteiger partial charge in [-0.3, -0.25) is 0 Å². The Labute approximate surface area is 177 Å². The van der Waals surface area contributed by atoms with Crippen molar-refractivity contribution >= 4 is 44.1 Å². The Morgan fingerprint density at radius 3 is 2.42 bits per heavy atom. The molecule has 1 atom stereocenters. The second-order valence-electron chi connectivity index (χ2n) is 6.96. The third-order valence-corrected chi connectivity index (χ3v) is 8.17. The molecule has 2 aromatic rings. The summed E-state index contributed by atoms with van der Waals surface area (Å²) in [7, 11) is 0. The second-order valence-corrected chi connectivity index (χ2v) is 10.2. The van der Waals surface area contributed by atoms with Gasteiger partial charge in [-0.05, 0) is 0 Å². The van der Waals surface area contributed by atoms with Crippen LogP contribution in [-0.4, -0.2) is 26.5 Å². The molecule has 1 unspecified atom stereocenters. The molecule has 0 amide bonds. The Morgan fingerprint density at radius 2 is 1.77 bits per heavy atom. The van der Waals surface area contributed by atoms with Gasteiger partial charge in [0.05, 0.1) is 0 Å². The van der Waals surface area contributed by atoms with Gasteiger partial charge in [0.15, 0.2) is 0 Å². The molecule has 0 saturated heterocycles. The summed E-state index contributed by atoms with van der Waals surface area (Å²) in [4.78, 5) is 0. The molecule has 1 N–H and O–H groups in total. The third-order valence-electron chi connectivity index (χ3n) is 5.14. The van der Waals surface area contributed by atoms with Crippen LogP contribution in [0.5, 0.6) is 0 Å². The first-order chi connectivity index (χ1) is 12.1. The molecule has 141 valence electrons. The minimum absolute atomic E-state index is 0. The van der Waals surface area contributed by atoms with Crippen LogP contribution in [0.1, 0.15) is 49.1 Å². The first-order valence-corrected chi connectivity index (χ1v) is 12.4. The van der Waals surface area contributed by atoms with Gasteiger partial charge in [-0.1, -0.05) is 0 Å².